The molecule has 1 aliphatic heterocycles. The summed E-state index contributed by atoms with van der Waals surface area (Å²) in [7, 11) is 0. The molecule has 60 heavy (non-hydrogen) atoms. The zero-order valence-corrected chi connectivity index (χ0v) is 33.6. The van der Waals surface area contributed by atoms with Gasteiger partial charge in [0.05, 0.1) is 5.41 Å². The standard InChI is InChI=1S/C56H45N3O/c1-2-10-38(11-3-1)39-18-20-40(21-19-39)52-57-53(41-22-25-43(26-23-41)55-32-35-28-36(33-55)30-37(29-35)34-55)59-54(58-52)42-24-27-47-45(31-42)44-12-4-5-13-46(44)56(47)48-14-6-8-16-50(48)60-51-17-9-7-15-49(51)56/h1-6,8-14,16-27,31,35-37H,7,15,28-30,32-34H2/t35-,36-,37?,55?,56?/m1/s1. The lowest BCUT2D eigenvalue weighted by molar-refractivity contribution is -0.00518. The molecule has 1 spiro atoms. The number of aromatic nitrogens is 3. The molecule has 290 valence electrons. The highest BCUT2D eigenvalue weighted by Crippen LogP contribution is 2.63. The highest BCUT2D eigenvalue weighted by Gasteiger charge is 2.53. The van der Waals surface area contributed by atoms with Crippen molar-refractivity contribution in [3.8, 4) is 62.2 Å². The van der Waals surface area contributed by atoms with Crippen molar-refractivity contribution in [3.63, 3.8) is 0 Å². The summed E-state index contributed by atoms with van der Waals surface area (Å²) in [5.74, 6) is 6.70. The van der Waals surface area contributed by atoms with Gasteiger partial charge >= 0.3 is 0 Å². The maximum atomic E-state index is 6.62. The molecule has 0 saturated heterocycles. The molecule has 0 N–H and O–H groups in total. The maximum Gasteiger partial charge on any atom is 0.164 e. The largest absolute Gasteiger partial charge is 0.457 e. The van der Waals surface area contributed by atoms with Gasteiger partial charge in [-0.2, -0.15) is 0 Å². The van der Waals surface area contributed by atoms with E-state index in [1.54, 1.807) is 0 Å². The first-order valence-corrected chi connectivity index (χ1v) is 22.1. The Morgan fingerprint density at radius 2 is 1.03 bits per heavy atom. The van der Waals surface area contributed by atoms with E-state index < -0.39 is 5.41 Å². The fourth-order valence-corrected chi connectivity index (χ4v) is 12.9. The molecule has 0 amide bonds. The molecule has 6 aromatic carbocycles. The fourth-order valence-electron chi connectivity index (χ4n) is 12.9. The van der Waals surface area contributed by atoms with E-state index in [4.69, 9.17) is 19.7 Å². The number of para-hydroxylation sites is 1. The summed E-state index contributed by atoms with van der Waals surface area (Å²) >= 11 is 0. The molecule has 0 radical (unpaired) electrons. The van der Waals surface area contributed by atoms with E-state index in [1.165, 1.54) is 88.6 Å². The number of ether oxygens (including phenoxy) is 1. The van der Waals surface area contributed by atoms with E-state index in [2.05, 4.69) is 158 Å². The van der Waals surface area contributed by atoms with Crippen LogP contribution in [0.25, 0.3) is 56.4 Å². The lowest BCUT2D eigenvalue weighted by Crippen LogP contribution is -2.48. The second-order valence-corrected chi connectivity index (χ2v) is 18.5. The van der Waals surface area contributed by atoms with Crippen molar-refractivity contribution in [1.29, 1.82) is 0 Å². The Morgan fingerprint density at radius 3 is 1.75 bits per heavy atom. The van der Waals surface area contributed by atoms with Crippen LogP contribution < -0.4 is 4.74 Å². The average Bonchev–Trinajstić information content (AvgIpc) is 3.59. The molecular formula is C56H45N3O. The molecule has 4 nitrogen and oxygen atoms in total. The predicted molar refractivity (Wildman–Crippen MR) is 239 cm³/mol. The van der Waals surface area contributed by atoms with E-state index in [1.807, 2.05) is 0 Å². The Labute approximate surface area is 351 Å². The van der Waals surface area contributed by atoms with Crippen LogP contribution in [0.3, 0.4) is 0 Å². The van der Waals surface area contributed by atoms with Gasteiger partial charge in [-0.05, 0) is 137 Å². The molecule has 4 bridgehead atoms. The van der Waals surface area contributed by atoms with Crippen LogP contribution in [0.1, 0.15) is 73.6 Å². The number of hydrogen-bond acceptors (Lipinski definition) is 4. The Balaban J connectivity index is 0.954. The van der Waals surface area contributed by atoms with Gasteiger partial charge in [0.15, 0.2) is 17.5 Å². The topological polar surface area (TPSA) is 47.9 Å². The van der Waals surface area contributed by atoms with Crippen molar-refractivity contribution in [3.05, 3.63) is 191 Å². The normalized spacial score (nSPS) is 25.1. The first kappa shape index (κ1) is 34.5. The van der Waals surface area contributed by atoms with Crippen molar-refractivity contribution < 1.29 is 4.74 Å². The summed E-state index contributed by atoms with van der Waals surface area (Å²) in [6.07, 6.45) is 14.8. The lowest BCUT2D eigenvalue weighted by Gasteiger charge is -2.57. The Hall–Kier alpha value is -6.39. The summed E-state index contributed by atoms with van der Waals surface area (Å²) in [5, 5.41) is 0. The second-order valence-electron chi connectivity index (χ2n) is 18.5. The van der Waals surface area contributed by atoms with E-state index in [0.29, 0.717) is 22.9 Å². The van der Waals surface area contributed by atoms with Crippen molar-refractivity contribution in [1.82, 2.24) is 15.0 Å². The van der Waals surface area contributed by atoms with Crippen molar-refractivity contribution in [2.24, 2.45) is 17.8 Å². The first-order chi connectivity index (χ1) is 29.6. The third-order valence-corrected chi connectivity index (χ3v) is 15.1. The zero-order valence-electron chi connectivity index (χ0n) is 33.6. The monoisotopic (exact) mass is 775 g/mol. The summed E-state index contributed by atoms with van der Waals surface area (Å²) in [5.41, 5.74) is 14.4. The van der Waals surface area contributed by atoms with Crippen LogP contribution in [0.4, 0.5) is 0 Å². The Bertz CT molecular complexity index is 2890. The van der Waals surface area contributed by atoms with Gasteiger partial charge in [0.25, 0.3) is 0 Å². The molecule has 6 aliphatic carbocycles. The number of rotatable bonds is 5. The smallest absolute Gasteiger partial charge is 0.164 e. The van der Waals surface area contributed by atoms with Crippen LogP contribution in [0.2, 0.25) is 0 Å². The molecule has 2 heterocycles. The molecule has 4 saturated carbocycles. The maximum absolute atomic E-state index is 6.62. The summed E-state index contributed by atoms with van der Waals surface area (Å²) in [6, 6.07) is 53.0. The second kappa shape index (κ2) is 13.1. The van der Waals surface area contributed by atoms with Crippen LogP contribution in [0.15, 0.2) is 169 Å². The van der Waals surface area contributed by atoms with Crippen LogP contribution in [0.5, 0.6) is 5.75 Å². The van der Waals surface area contributed by atoms with Gasteiger partial charge in [0.1, 0.15) is 11.5 Å². The number of hydrogen-bond donors (Lipinski definition) is 0. The number of nitrogens with zero attached hydrogens (tertiary/aromatic N) is 3. The van der Waals surface area contributed by atoms with E-state index in [0.717, 1.165) is 58.8 Å². The molecule has 1 atom stereocenters. The number of fused-ring (bicyclic) bond motifs is 8. The number of benzene rings is 6. The van der Waals surface area contributed by atoms with Crippen LogP contribution in [0, 0.1) is 17.8 Å². The molecule has 4 heteroatoms. The van der Waals surface area contributed by atoms with Gasteiger partial charge in [-0.25, -0.2) is 15.0 Å². The quantitative estimate of drug-likeness (QED) is 0.175. The summed E-state index contributed by atoms with van der Waals surface area (Å²) < 4.78 is 6.62. The minimum Gasteiger partial charge on any atom is -0.457 e. The molecule has 1 aromatic heterocycles. The number of allylic oxidation sites excluding steroid dienone is 3. The molecule has 7 aromatic rings. The SMILES string of the molecule is C1=CC2=C(CC1)C1(c3ccccc3O2)c2ccccc2-c2cc(-c3nc(-c4ccc(-c5ccccc5)cc4)nc(-c4ccc(C56CC7C[C@H](C5)C[C@H](C7)C6)cc4)n3)ccc21. The molecule has 4 fully saturated rings. The van der Waals surface area contributed by atoms with Gasteiger partial charge < -0.3 is 4.74 Å². The van der Waals surface area contributed by atoms with E-state index in [9.17, 15) is 0 Å². The van der Waals surface area contributed by atoms with Gasteiger partial charge in [-0.3, -0.25) is 0 Å². The highest BCUT2D eigenvalue weighted by atomic mass is 16.5. The van der Waals surface area contributed by atoms with E-state index >= 15 is 0 Å². The van der Waals surface area contributed by atoms with Gasteiger partial charge in [-0.1, -0.05) is 140 Å². The summed E-state index contributed by atoms with van der Waals surface area (Å²) in [6.45, 7) is 0. The van der Waals surface area contributed by atoms with Gasteiger partial charge in [-0.15, -0.1) is 0 Å². The van der Waals surface area contributed by atoms with Crippen molar-refractivity contribution in [2.45, 2.75) is 62.2 Å². The first-order valence-electron chi connectivity index (χ1n) is 22.1. The van der Waals surface area contributed by atoms with Crippen molar-refractivity contribution in [2.75, 3.05) is 0 Å². The van der Waals surface area contributed by atoms with Gasteiger partial charge in [0, 0.05) is 22.3 Å². The Morgan fingerprint density at radius 1 is 0.483 bits per heavy atom. The Kier molecular flexibility index (Phi) is 7.50. The third-order valence-electron chi connectivity index (χ3n) is 15.1. The molecular weight excluding hydrogens is 731 g/mol. The van der Waals surface area contributed by atoms with Crippen LogP contribution >= 0.6 is 0 Å². The van der Waals surface area contributed by atoms with Gasteiger partial charge in [0.2, 0.25) is 0 Å². The lowest BCUT2D eigenvalue weighted by atomic mass is 9.48. The summed E-state index contributed by atoms with van der Waals surface area (Å²) in [4.78, 5) is 15.8. The molecule has 1 unspecified atom stereocenters. The highest BCUT2D eigenvalue weighted by molar-refractivity contribution is 5.89. The van der Waals surface area contributed by atoms with Crippen molar-refractivity contribution >= 4 is 0 Å². The average molecular weight is 776 g/mol. The fraction of sp³-hybridized carbons (Fsp3) is 0.232. The molecule has 7 aliphatic rings. The van der Waals surface area contributed by atoms with E-state index in [-0.39, 0.29) is 0 Å². The third kappa shape index (κ3) is 5.12. The minimum absolute atomic E-state index is 0.344. The zero-order chi connectivity index (χ0) is 39.4. The minimum atomic E-state index is -0.437. The van der Waals surface area contributed by atoms with Crippen LogP contribution in [-0.2, 0) is 10.8 Å². The van der Waals surface area contributed by atoms with Crippen LogP contribution in [-0.4, -0.2) is 15.0 Å². The predicted octanol–water partition coefficient (Wildman–Crippen LogP) is 13.3. The molecule has 14 rings (SSSR count).